The van der Waals surface area contributed by atoms with E-state index in [-0.39, 0.29) is 6.04 Å². The van der Waals surface area contributed by atoms with Gasteiger partial charge in [-0.15, -0.1) is 0 Å². The van der Waals surface area contributed by atoms with Crippen molar-refractivity contribution >= 4 is 23.2 Å². The fourth-order valence-corrected chi connectivity index (χ4v) is 1.99. The van der Waals surface area contributed by atoms with E-state index in [1.807, 2.05) is 12.1 Å². The summed E-state index contributed by atoms with van der Waals surface area (Å²) in [6.07, 6.45) is 2.03. The molecule has 2 rings (SSSR count). The third kappa shape index (κ3) is 1.22. The molecule has 2 N–H and O–H groups in total. The van der Waals surface area contributed by atoms with E-state index in [9.17, 15) is 0 Å². The summed E-state index contributed by atoms with van der Waals surface area (Å²) in [7, 11) is 0. The van der Waals surface area contributed by atoms with Crippen molar-refractivity contribution in [2.45, 2.75) is 18.9 Å². The second-order valence-corrected chi connectivity index (χ2v) is 3.92. The number of hydrogen-bond acceptors (Lipinski definition) is 1. The smallest absolute Gasteiger partial charge is 0.0595 e. The Morgan fingerprint density at radius 3 is 2.67 bits per heavy atom. The van der Waals surface area contributed by atoms with Gasteiger partial charge in [-0.1, -0.05) is 23.2 Å². The third-order valence-electron chi connectivity index (χ3n) is 2.31. The highest BCUT2D eigenvalue weighted by Crippen LogP contribution is 2.35. The predicted molar refractivity (Wildman–Crippen MR) is 51.7 cm³/mol. The van der Waals surface area contributed by atoms with Gasteiger partial charge in [0.05, 0.1) is 10.0 Å². The van der Waals surface area contributed by atoms with Gasteiger partial charge in [-0.05, 0) is 36.1 Å². The second-order valence-electron chi connectivity index (χ2n) is 3.11. The Morgan fingerprint density at radius 1 is 1.25 bits per heavy atom. The minimum Gasteiger partial charge on any atom is -0.324 e. The number of rotatable bonds is 0. The van der Waals surface area contributed by atoms with Crippen LogP contribution in [0, 0.1) is 0 Å². The zero-order valence-electron chi connectivity index (χ0n) is 6.48. The molecule has 12 heavy (non-hydrogen) atoms. The Hall–Kier alpha value is -0.240. The standard InChI is InChI=1S/C9H9Cl2N/c10-7-3-5-1-2-9(12)6(5)4-8(7)11/h3-4,9H,1-2,12H2. The van der Waals surface area contributed by atoms with Gasteiger partial charge in [0.25, 0.3) is 0 Å². The van der Waals surface area contributed by atoms with Gasteiger partial charge in [0.2, 0.25) is 0 Å². The van der Waals surface area contributed by atoms with Gasteiger partial charge in [0.1, 0.15) is 0 Å². The van der Waals surface area contributed by atoms with Gasteiger partial charge >= 0.3 is 0 Å². The number of nitrogens with two attached hydrogens (primary N) is 1. The zero-order chi connectivity index (χ0) is 8.72. The minimum atomic E-state index is 0.148. The molecule has 1 aromatic rings. The third-order valence-corrected chi connectivity index (χ3v) is 3.03. The highest BCUT2D eigenvalue weighted by Gasteiger charge is 2.20. The molecule has 3 heteroatoms. The molecule has 0 saturated carbocycles. The summed E-state index contributed by atoms with van der Waals surface area (Å²) < 4.78 is 0. The van der Waals surface area contributed by atoms with Crippen LogP contribution in [0.15, 0.2) is 12.1 Å². The fourth-order valence-electron chi connectivity index (χ4n) is 1.63. The van der Waals surface area contributed by atoms with Crippen LogP contribution in [-0.2, 0) is 6.42 Å². The highest BCUT2D eigenvalue weighted by molar-refractivity contribution is 6.42. The van der Waals surface area contributed by atoms with Gasteiger partial charge in [0, 0.05) is 6.04 Å². The van der Waals surface area contributed by atoms with Crippen LogP contribution in [0.1, 0.15) is 23.6 Å². The van der Waals surface area contributed by atoms with Crippen LogP contribution in [0.3, 0.4) is 0 Å². The summed E-state index contributed by atoms with van der Waals surface area (Å²) in [5.41, 5.74) is 8.27. The second kappa shape index (κ2) is 2.91. The van der Waals surface area contributed by atoms with Crippen molar-refractivity contribution in [3.05, 3.63) is 33.3 Å². The molecule has 1 atom stereocenters. The summed E-state index contributed by atoms with van der Waals surface area (Å²) in [6.45, 7) is 0. The summed E-state index contributed by atoms with van der Waals surface area (Å²) >= 11 is 11.7. The fraction of sp³-hybridized carbons (Fsp3) is 0.333. The zero-order valence-corrected chi connectivity index (χ0v) is 7.99. The molecule has 64 valence electrons. The maximum Gasteiger partial charge on any atom is 0.0595 e. The summed E-state index contributed by atoms with van der Waals surface area (Å²) in [5, 5.41) is 1.23. The van der Waals surface area contributed by atoms with E-state index in [1.54, 1.807) is 0 Å². The molecule has 1 aliphatic carbocycles. The van der Waals surface area contributed by atoms with Gasteiger partial charge in [-0.3, -0.25) is 0 Å². The molecular weight excluding hydrogens is 193 g/mol. The number of aryl methyl sites for hydroxylation is 1. The highest BCUT2D eigenvalue weighted by atomic mass is 35.5. The molecule has 0 heterocycles. The van der Waals surface area contributed by atoms with Gasteiger partial charge in [-0.25, -0.2) is 0 Å². The summed E-state index contributed by atoms with van der Waals surface area (Å²) in [4.78, 5) is 0. The van der Waals surface area contributed by atoms with Crippen molar-refractivity contribution in [2.24, 2.45) is 5.73 Å². The van der Waals surface area contributed by atoms with Gasteiger partial charge in [-0.2, -0.15) is 0 Å². The van der Waals surface area contributed by atoms with Crippen LogP contribution >= 0.6 is 23.2 Å². The van der Waals surface area contributed by atoms with Crippen molar-refractivity contribution in [3.8, 4) is 0 Å². The van der Waals surface area contributed by atoms with E-state index in [1.165, 1.54) is 5.56 Å². The average molecular weight is 202 g/mol. The molecule has 1 aromatic carbocycles. The van der Waals surface area contributed by atoms with E-state index < -0.39 is 0 Å². The summed E-state index contributed by atoms with van der Waals surface area (Å²) in [5.74, 6) is 0. The van der Waals surface area contributed by atoms with Crippen molar-refractivity contribution in [2.75, 3.05) is 0 Å². The molecule has 0 radical (unpaired) electrons. The van der Waals surface area contributed by atoms with Crippen LogP contribution < -0.4 is 5.73 Å². The van der Waals surface area contributed by atoms with E-state index in [2.05, 4.69) is 0 Å². The Morgan fingerprint density at radius 2 is 1.92 bits per heavy atom. The van der Waals surface area contributed by atoms with E-state index >= 15 is 0 Å². The maximum atomic E-state index is 5.87. The van der Waals surface area contributed by atoms with Crippen molar-refractivity contribution < 1.29 is 0 Å². The maximum absolute atomic E-state index is 5.87. The van der Waals surface area contributed by atoms with Crippen LogP contribution in [-0.4, -0.2) is 0 Å². The quantitative estimate of drug-likeness (QED) is 0.687. The van der Waals surface area contributed by atoms with Crippen molar-refractivity contribution in [3.63, 3.8) is 0 Å². The predicted octanol–water partition coefficient (Wildman–Crippen LogP) is 2.94. The molecule has 0 bridgehead atoms. The first-order valence-electron chi connectivity index (χ1n) is 3.92. The van der Waals surface area contributed by atoms with E-state index in [4.69, 9.17) is 28.9 Å². The molecule has 1 nitrogen and oxygen atoms in total. The van der Waals surface area contributed by atoms with Crippen LogP contribution in [0.25, 0.3) is 0 Å². The lowest BCUT2D eigenvalue weighted by atomic mass is 10.1. The monoisotopic (exact) mass is 201 g/mol. The Labute approximate surface area is 81.5 Å². The Kier molecular flexibility index (Phi) is 2.03. The number of benzene rings is 1. The first-order chi connectivity index (χ1) is 5.68. The average Bonchev–Trinajstić information content (AvgIpc) is 2.35. The first-order valence-corrected chi connectivity index (χ1v) is 4.67. The lowest BCUT2D eigenvalue weighted by Crippen LogP contribution is -2.04. The van der Waals surface area contributed by atoms with E-state index in [0.717, 1.165) is 18.4 Å². The normalized spacial score (nSPS) is 21.1. The van der Waals surface area contributed by atoms with Gasteiger partial charge in [0.15, 0.2) is 0 Å². The van der Waals surface area contributed by atoms with Crippen molar-refractivity contribution in [1.82, 2.24) is 0 Å². The lowest BCUT2D eigenvalue weighted by molar-refractivity contribution is 0.713. The first kappa shape index (κ1) is 8.36. The molecule has 0 amide bonds. The Balaban J connectivity index is 2.56. The van der Waals surface area contributed by atoms with E-state index in [0.29, 0.717) is 10.0 Å². The molecule has 0 saturated heterocycles. The minimum absolute atomic E-state index is 0.148. The number of fused-ring (bicyclic) bond motifs is 1. The van der Waals surface area contributed by atoms with Crippen LogP contribution in [0.4, 0.5) is 0 Å². The molecule has 0 fully saturated rings. The van der Waals surface area contributed by atoms with Crippen LogP contribution in [0.2, 0.25) is 10.0 Å². The van der Waals surface area contributed by atoms with Crippen molar-refractivity contribution in [1.29, 1.82) is 0 Å². The molecule has 0 aliphatic heterocycles. The summed E-state index contributed by atoms with van der Waals surface area (Å²) in [6, 6.07) is 3.96. The molecule has 1 unspecified atom stereocenters. The molecular formula is C9H9Cl2N. The lowest BCUT2D eigenvalue weighted by Gasteiger charge is -2.05. The SMILES string of the molecule is NC1CCc2cc(Cl)c(Cl)cc21. The molecule has 0 aromatic heterocycles. The Bertz CT molecular complexity index is 323. The van der Waals surface area contributed by atoms with Crippen LogP contribution in [0.5, 0.6) is 0 Å². The topological polar surface area (TPSA) is 26.0 Å². The molecule has 1 aliphatic rings. The largest absolute Gasteiger partial charge is 0.324 e. The van der Waals surface area contributed by atoms with Gasteiger partial charge < -0.3 is 5.73 Å². The number of halogens is 2. The molecule has 0 spiro atoms. The number of hydrogen-bond donors (Lipinski definition) is 1.